The highest BCUT2D eigenvalue weighted by molar-refractivity contribution is 5.36. The van der Waals surface area contributed by atoms with Gasteiger partial charge in [0.1, 0.15) is 0 Å². The highest BCUT2D eigenvalue weighted by Crippen LogP contribution is 2.31. The minimum absolute atomic E-state index is 0.0604. The van der Waals surface area contributed by atoms with E-state index in [0.717, 1.165) is 25.4 Å². The van der Waals surface area contributed by atoms with Crippen molar-refractivity contribution in [2.24, 2.45) is 11.7 Å². The van der Waals surface area contributed by atoms with Gasteiger partial charge in [-0.2, -0.15) is 0 Å². The molecule has 1 aromatic carbocycles. The highest BCUT2D eigenvalue weighted by atomic mass is 16.5. The molecule has 0 bridgehead atoms. The summed E-state index contributed by atoms with van der Waals surface area (Å²) in [5, 5.41) is 0. The van der Waals surface area contributed by atoms with Crippen LogP contribution >= 0.6 is 0 Å². The van der Waals surface area contributed by atoms with Gasteiger partial charge in [0.2, 0.25) is 0 Å². The average Bonchev–Trinajstić information content (AvgIpc) is 2.63. The molecular formula is C15H23NO. The topological polar surface area (TPSA) is 35.2 Å². The Bertz CT molecular complexity index is 362. The van der Waals surface area contributed by atoms with Crippen LogP contribution in [0.15, 0.2) is 24.3 Å². The molecule has 17 heavy (non-hydrogen) atoms. The molecule has 2 rings (SSSR count). The standard InChI is InChI=1S/C15H23NO/c1-11(2)6-5-9-17-14-10-12-7-3-4-8-13(12)15(14)16/h3-4,7-8,11,14-15H,5-6,9-10,16H2,1-2H3. The molecule has 94 valence electrons. The summed E-state index contributed by atoms with van der Waals surface area (Å²) in [7, 11) is 0. The SMILES string of the molecule is CC(C)CCCOC1Cc2ccccc2C1N. The second kappa shape index (κ2) is 5.65. The fourth-order valence-electron chi connectivity index (χ4n) is 2.48. The van der Waals surface area contributed by atoms with E-state index in [-0.39, 0.29) is 12.1 Å². The third-order valence-electron chi connectivity index (χ3n) is 3.49. The Morgan fingerprint density at radius 3 is 2.82 bits per heavy atom. The minimum atomic E-state index is 0.0604. The van der Waals surface area contributed by atoms with Crippen LogP contribution in [-0.2, 0) is 11.2 Å². The van der Waals surface area contributed by atoms with E-state index >= 15 is 0 Å². The molecule has 2 nitrogen and oxygen atoms in total. The number of ether oxygens (including phenoxy) is 1. The van der Waals surface area contributed by atoms with Gasteiger partial charge in [-0.15, -0.1) is 0 Å². The largest absolute Gasteiger partial charge is 0.376 e. The Labute approximate surface area is 104 Å². The monoisotopic (exact) mass is 233 g/mol. The third kappa shape index (κ3) is 3.08. The van der Waals surface area contributed by atoms with Crippen molar-refractivity contribution < 1.29 is 4.74 Å². The predicted octanol–water partition coefficient (Wildman–Crippen LogP) is 3.06. The lowest BCUT2D eigenvalue weighted by Crippen LogP contribution is -2.25. The van der Waals surface area contributed by atoms with Crippen LogP contribution in [-0.4, -0.2) is 12.7 Å². The van der Waals surface area contributed by atoms with Crippen molar-refractivity contribution in [1.82, 2.24) is 0 Å². The lowest BCUT2D eigenvalue weighted by molar-refractivity contribution is 0.0401. The van der Waals surface area contributed by atoms with Crippen molar-refractivity contribution >= 4 is 0 Å². The summed E-state index contributed by atoms with van der Waals surface area (Å²) in [5.41, 5.74) is 8.83. The summed E-state index contributed by atoms with van der Waals surface area (Å²) in [6.07, 6.45) is 3.52. The molecule has 0 amide bonds. The van der Waals surface area contributed by atoms with Gasteiger partial charge in [0, 0.05) is 13.0 Å². The van der Waals surface area contributed by atoms with E-state index in [1.807, 2.05) is 0 Å². The predicted molar refractivity (Wildman–Crippen MR) is 70.9 cm³/mol. The molecule has 1 aromatic rings. The molecule has 0 fully saturated rings. The Hall–Kier alpha value is -0.860. The molecule has 0 radical (unpaired) electrons. The average molecular weight is 233 g/mol. The number of hydrogen-bond acceptors (Lipinski definition) is 2. The molecule has 2 N–H and O–H groups in total. The van der Waals surface area contributed by atoms with Gasteiger partial charge in [-0.05, 0) is 29.9 Å². The third-order valence-corrected chi connectivity index (χ3v) is 3.49. The van der Waals surface area contributed by atoms with Crippen LogP contribution in [0, 0.1) is 5.92 Å². The molecule has 2 heteroatoms. The van der Waals surface area contributed by atoms with Crippen molar-refractivity contribution in [3.05, 3.63) is 35.4 Å². The van der Waals surface area contributed by atoms with Gasteiger partial charge in [-0.1, -0.05) is 38.1 Å². The molecule has 0 spiro atoms. The van der Waals surface area contributed by atoms with Crippen LogP contribution in [0.1, 0.15) is 43.9 Å². The lowest BCUT2D eigenvalue weighted by atomic mass is 10.1. The second-order valence-corrected chi connectivity index (χ2v) is 5.37. The van der Waals surface area contributed by atoms with Crippen LogP contribution < -0.4 is 5.73 Å². The van der Waals surface area contributed by atoms with E-state index in [1.165, 1.54) is 17.5 Å². The number of hydrogen-bond donors (Lipinski definition) is 1. The molecule has 0 saturated carbocycles. The van der Waals surface area contributed by atoms with Crippen molar-refractivity contribution in [2.45, 2.75) is 45.3 Å². The first kappa shape index (κ1) is 12.6. The zero-order valence-electron chi connectivity index (χ0n) is 10.9. The zero-order valence-corrected chi connectivity index (χ0v) is 10.9. The highest BCUT2D eigenvalue weighted by Gasteiger charge is 2.29. The van der Waals surface area contributed by atoms with E-state index < -0.39 is 0 Å². The molecule has 1 aliphatic rings. The molecule has 2 atom stereocenters. The summed E-state index contributed by atoms with van der Waals surface area (Å²) >= 11 is 0. The summed E-state index contributed by atoms with van der Waals surface area (Å²) < 4.78 is 5.92. The van der Waals surface area contributed by atoms with Gasteiger partial charge in [-0.3, -0.25) is 0 Å². The van der Waals surface area contributed by atoms with E-state index in [4.69, 9.17) is 10.5 Å². The molecule has 0 aliphatic heterocycles. The maximum atomic E-state index is 6.21. The lowest BCUT2D eigenvalue weighted by Gasteiger charge is -2.17. The first-order chi connectivity index (χ1) is 8.18. The van der Waals surface area contributed by atoms with Crippen molar-refractivity contribution in [2.75, 3.05) is 6.61 Å². The molecule has 0 heterocycles. The Balaban J connectivity index is 1.82. The summed E-state index contributed by atoms with van der Waals surface area (Å²) in [5.74, 6) is 0.757. The van der Waals surface area contributed by atoms with Crippen LogP contribution in [0.2, 0.25) is 0 Å². The Kier molecular flexibility index (Phi) is 4.19. The maximum Gasteiger partial charge on any atom is 0.0808 e. The van der Waals surface area contributed by atoms with E-state index in [0.29, 0.717) is 0 Å². The Morgan fingerprint density at radius 2 is 2.12 bits per heavy atom. The summed E-state index contributed by atoms with van der Waals surface area (Å²) in [6.45, 7) is 5.33. The van der Waals surface area contributed by atoms with Gasteiger partial charge < -0.3 is 10.5 Å². The number of benzene rings is 1. The fourth-order valence-corrected chi connectivity index (χ4v) is 2.48. The van der Waals surface area contributed by atoms with Crippen LogP contribution in [0.4, 0.5) is 0 Å². The maximum absolute atomic E-state index is 6.21. The van der Waals surface area contributed by atoms with Crippen molar-refractivity contribution in [3.8, 4) is 0 Å². The van der Waals surface area contributed by atoms with Crippen LogP contribution in [0.5, 0.6) is 0 Å². The Morgan fingerprint density at radius 1 is 1.35 bits per heavy atom. The van der Waals surface area contributed by atoms with E-state index in [9.17, 15) is 0 Å². The zero-order chi connectivity index (χ0) is 12.3. The van der Waals surface area contributed by atoms with Gasteiger partial charge in [0.25, 0.3) is 0 Å². The van der Waals surface area contributed by atoms with E-state index in [1.54, 1.807) is 0 Å². The first-order valence-electron chi connectivity index (χ1n) is 6.63. The number of nitrogens with two attached hydrogens (primary N) is 1. The molecule has 2 unspecified atom stereocenters. The quantitative estimate of drug-likeness (QED) is 0.793. The van der Waals surface area contributed by atoms with Crippen molar-refractivity contribution in [1.29, 1.82) is 0 Å². The van der Waals surface area contributed by atoms with Crippen LogP contribution in [0.3, 0.4) is 0 Å². The second-order valence-electron chi connectivity index (χ2n) is 5.37. The van der Waals surface area contributed by atoms with Gasteiger partial charge in [0.15, 0.2) is 0 Å². The fraction of sp³-hybridized carbons (Fsp3) is 0.600. The normalized spacial score (nSPS) is 23.1. The smallest absolute Gasteiger partial charge is 0.0808 e. The minimum Gasteiger partial charge on any atom is -0.376 e. The van der Waals surface area contributed by atoms with Gasteiger partial charge in [-0.25, -0.2) is 0 Å². The molecular weight excluding hydrogens is 210 g/mol. The summed E-state index contributed by atoms with van der Waals surface area (Å²) in [4.78, 5) is 0. The molecule has 1 aliphatic carbocycles. The van der Waals surface area contributed by atoms with Crippen molar-refractivity contribution in [3.63, 3.8) is 0 Å². The number of rotatable bonds is 5. The molecule has 0 aromatic heterocycles. The van der Waals surface area contributed by atoms with Crippen LogP contribution in [0.25, 0.3) is 0 Å². The van der Waals surface area contributed by atoms with E-state index in [2.05, 4.69) is 38.1 Å². The summed E-state index contributed by atoms with van der Waals surface area (Å²) in [6, 6.07) is 8.47. The molecule has 0 saturated heterocycles. The van der Waals surface area contributed by atoms with Gasteiger partial charge >= 0.3 is 0 Å². The van der Waals surface area contributed by atoms with Gasteiger partial charge in [0.05, 0.1) is 12.1 Å². The number of fused-ring (bicyclic) bond motifs is 1. The first-order valence-corrected chi connectivity index (χ1v) is 6.63.